The Labute approximate surface area is 80.4 Å². The Kier molecular flexibility index (Phi) is 3.36. The molecule has 0 spiro atoms. The third-order valence-electron chi connectivity index (χ3n) is 1.62. The lowest BCUT2D eigenvalue weighted by atomic mass is 10.3. The van der Waals surface area contributed by atoms with Gasteiger partial charge in [0.15, 0.2) is 0 Å². The molecule has 0 fully saturated rings. The molecule has 0 saturated carbocycles. The predicted octanol–water partition coefficient (Wildman–Crippen LogP) is 1.04. The largest absolute Gasteiger partial charge is 0.493 e. The van der Waals surface area contributed by atoms with Gasteiger partial charge in [0.2, 0.25) is 5.88 Å². The highest BCUT2D eigenvalue weighted by Crippen LogP contribution is 2.10. The third-order valence-corrected chi connectivity index (χ3v) is 2.50. The van der Waals surface area contributed by atoms with Crippen LogP contribution in [0, 0.1) is 6.92 Å². The van der Waals surface area contributed by atoms with Gasteiger partial charge in [-0.3, -0.25) is 4.79 Å². The summed E-state index contributed by atoms with van der Waals surface area (Å²) < 4.78 is 0. The smallest absolute Gasteiger partial charge is 0.257 e. The van der Waals surface area contributed by atoms with Crippen LogP contribution in [0.1, 0.15) is 18.3 Å². The Bertz CT molecular complexity index is 348. The molecule has 1 aromatic heterocycles. The topological polar surface area (TPSA) is 66.0 Å². The molecule has 0 aliphatic heterocycles. The molecule has 5 heteroatoms. The average molecular weight is 200 g/mol. The molecule has 0 aliphatic rings. The molecule has 13 heavy (non-hydrogen) atoms. The number of thioether (sulfide) groups is 1. The monoisotopic (exact) mass is 200 g/mol. The molecule has 0 radical (unpaired) electrons. The maximum atomic E-state index is 11.2. The molecule has 0 aromatic carbocycles. The van der Waals surface area contributed by atoms with E-state index in [2.05, 4.69) is 9.97 Å². The summed E-state index contributed by atoms with van der Waals surface area (Å²) in [6, 6.07) is 0. The van der Waals surface area contributed by atoms with Crippen LogP contribution in [0.2, 0.25) is 0 Å². The number of aromatic amines is 1. The van der Waals surface area contributed by atoms with Crippen molar-refractivity contribution >= 4 is 11.8 Å². The van der Waals surface area contributed by atoms with E-state index in [0.29, 0.717) is 11.6 Å². The molecular formula is C8H12N2O2S. The van der Waals surface area contributed by atoms with Gasteiger partial charge in [-0.2, -0.15) is 16.7 Å². The van der Waals surface area contributed by atoms with Crippen LogP contribution in [0.15, 0.2) is 4.79 Å². The number of aromatic nitrogens is 2. The predicted molar refractivity (Wildman–Crippen MR) is 53.1 cm³/mol. The molecule has 2 N–H and O–H groups in total. The minimum Gasteiger partial charge on any atom is -0.493 e. The first-order chi connectivity index (χ1) is 6.15. The normalized spacial score (nSPS) is 10.3. The van der Waals surface area contributed by atoms with Crippen LogP contribution >= 0.6 is 11.8 Å². The summed E-state index contributed by atoms with van der Waals surface area (Å²) in [6.45, 7) is 3.56. The zero-order chi connectivity index (χ0) is 9.84. The van der Waals surface area contributed by atoms with Gasteiger partial charge in [-0.1, -0.05) is 6.92 Å². The highest BCUT2D eigenvalue weighted by atomic mass is 32.2. The van der Waals surface area contributed by atoms with E-state index in [0.717, 1.165) is 5.75 Å². The van der Waals surface area contributed by atoms with E-state index in [9.17, 15) is 9.90 Å². The van der Waals surface area contributed by atoms with Crippen molar-refractivity contribution in [1.29, 1.82) is 0 Å². The van der Waals surface area contributed by atoms with E-state index in [1.165, 1.54) is 6.92 Å². The summed E-state index contributed by atoms with van der Waals surface area (Å²) in [5, 5.41) is 9.24. The molecule has 1 aromatic rings. The SMILES string of the molecule is CCSCc1nc(O)c(C)c(=O)[nH]1. The van der Waals surface area contributed by atoms with Crippen LogP contribution in [0.4, 0.5) is 0 Å². The molecule has 0 aliphatic carbocycles. The van der Waals surface area contributed by atoms with Gasteiger partial charge in [-0.15, -0.1) is 0 Å². The first-order valence-corrected chi connectivity index (χ1v) is 5.17. The fourth-order valence-electron chi connectivity index (χ4n) is 0.833. The van der Waals surface area contributed by atoms with E-state index in [1.54, 1.807) is 11.8 Å². The Balaban J connectivity index is 2.93. The molecule has 0 saturated heterocycles. The molecule has 0 atom stereocenters. The second kappa shape index (κ2) is 4.32. The van der Waals surface area contributed by atoms with E-state index >= 15 is 0 Å². The fraction of sp³-hybridized carbons (Fsp3) is 0.500. The lowest BCUT2D eigenvalue weighted by Crippen LogP contribution is -2.13. The van der Waals surface area contributed by atoms with Crippen molar-refractivity contribution in [3.63, 3.8) is 0 Å². The Hall–Kier alpha value is -0.970. The van der Waals surface area contributed by atoms with Crippen molar-refractivity contribution in [2.45, 2.75) is 19.6 Å². The highest BCUT2D eigenvalue weighted by molar-refractivity contribution is 7.98. The molecule has 1 rings (SSSR count). The minimum atomic E-state index is -0.265. The van der Waals surface area contributed by atoms with Crippen LogP contribution in [0.5, 0.6) is 5.88 Å². The summed E-state index contributed by atoms with van der Waals surface area (Å²) >= 11 is 1.64. The first kappa shape index (κ1) is 10.1. The fourth-order valence-corrected chi connectivity index (χ4v) is 1.37. The molecule has 0 unspecified atom stereocenters. The quantitative estimate of drug-likeness (QED) is 0.765. The van der Waals surface area contributed by atoms with E-state index < -0.39 is 0 Å². The maximum Gasteiger partial charge on any atom is 0.257 e. The average Bonchev–Trinajstić information content (AvgIpc) is 2.10. The van der Waals surface area contributed by atoms with Crippen LogP contribution in [-0.4, -0.2) is 20.8 Å². The van der Waals surface area contributed by atoms with Gasteiger partial charge in [0.05, 0.1) is 11.3 Å². The van der Waals surface area contributed by atoms with Gasteiger partial charge in [-0.05, 0) is 12.7 Å². The molecular weight excluding hydrogens is 188 g/mol. The number of aromatic hydroxyl groups is 1. The number of hydrogen-bond donors (Lipinski definition) is 2. The summed E-state index contributed by atoms with van der Waals surface area (Å²) in [5.41, 5.74) is 0.00412. The summed E-state index contributed by atoms with van der Waals surface area (Å²) in [6.07, 6.45) is 0. The second-order valence-corrected chi connectivity index (χ2v) is 3.87. The van der Waals surface area contributed by atoms with Crippen LogP contribution in [0.3, 0.4) is 0 Å². The van der Waals surface area contributed by atoms with Crippen LogP contribution in [0.25, 0.3) is 0 Å². The molecule has 72 valence electrons. The van der Waals surface area contributed by atoms with Gasteiger partial charge >= 0.3 is 0 Å². The third kappa shape index (κ3) is 2.48. The van der Waals surface area contributed by atoms with Crippen molar-refractivity contribution in [3.8, 4) is 5.88 Å². The Morgan fingerprint density at radius 2 is 2.31 bits per heavy atom. The van der Waals surface area contributed by atoms with E-state index in [1.807, 2.05) is 6.92 Å². The number of hydrogen-bond acceptors (Lipinski definition) is 4. The maximum absolute atomic E-state index is 11.2. The van der Waals surface area contributed by atoms with E-state index in [-0.39, 0.29) is 17.0 Å². The van der Waals surface area contributed by atoms with Gasteiger partial charge in [0.25, 0.3) is 5.56 Å². The minimum absolute atomic E-state index is 0.171. The van der Waals surface area contributed by atoms with Crippen molar-refractivity contribution in [2.24, 2.45) is 0 Å². The summed E-state index contributed by atoms with van der Waals surface area (Å²) in [5.74, 6) is 1.94. The molecule has 0 amide bonds. The van der Waals surface area contributed by atoms with Crippen molar-refractivity contribution in [2.75, 3.05) is 5.75 Å². The Morgan fingerprint density at radius 3 is 2.85 bits per heavy atom. The number of nitrogens with zero attached hydrogens (tertiary/aromatic N) is 1. The lowest BCUT2D eigenvalue weighted by Gasteiger charge is -2.01. The van der Waals surface area contributed by atoms with Gasteiger partial charge in [0.1, 0.15) is 5.82 Å². The zero-order valence-electron chi connectivity index (χ0n) is 7.63. The van der Waals surface area contributed by atoms with Crippen molar-refractivity contribution < 1.29 is 5.11 Å². The lowest BCUT2D eigenvalue weighted by molar-refractivity contribution is 0.444. The second-order valence-electron chi connectivity index (χ2n) is 2.60. The summed E-state index contributed by atoms with van der Waals surface area (Å²) in [7, 11) is 0. The van der Waals surface area contributed by atoms with Gasteiger partial charge < -0.3 is 10.1 Å². The summed E-state index contributed by atoms with van der Waals surface area (Å²) in [4.78, 5) is 17.6. The van der Waals surface area contributed by atoms with Crippen molar-refractivity contribution in [1.82, 2.24) is 9.97 Å². The number of nitrogens with one attached hydrogen (secondary N) is 1. The molecule has 0 bridgehead atoms. The zero-order valence-corrected chi connectivity index (χ0v) is 8.44. The highest BCUT2D eigenvalue weighted by Gasteiger charge is 2.04. The van der Waals surface area contributed by atoms with Crippen molar-refractivity contribution in [3.05, 3.63) is 21.7 Å². The standard InChI is InChI=1S/C8H12N2O2S/c1-3-13-4-6-9-7(11)5(2)8(12)10-6/h3-4H2,1-2H3,(H2,9,10,11,12). The first-order valence-electron chi connectivity index (χ1n) is 4.01. The van der Waals surface area contributed by atoms with Crippen LogP contribution in [-0.2, 0) is 5.75 Å². The van der Waals surface area contributed by atoms with Gasteiger partial charge in [-0.25, -0.2) is 0 Å². The number of H-pyrrole nitrogens is 1. The molecule has 4 nitrogen and oxygen atoms in total. The number of rotatable bonds is 3. The Morgan fingerprint density at radius 1 is 1.62 bits per heavy atom. The molecule has 1 heterocycles. The van der Waals surface area contributed by atoms with E-state index in [4.69, 9.17) is 0 Å². The van der Waals surface area contributed by atoms with Crippen LogP contribution < -0.4 is 5.56 Å². The van der Waals surface area contributed by atoms with Gasteiger partial charge in [0, 0.05) is 0 Å².